The first kappa shape index (κ1) is 23.6. The molecular weight excluding hydrogens is 402 g/mol. The van der Waals surface area contributed by atoms with E-state index in [1.54, 1.807) is 0 Å². The molecule has 32 heavy (non-hydrogen) atoms. The number of carbonyl (C=O) groups is 2. The highest BCUT2D eigenvalue weighted by molar-refractivity contribution is 5.96. The standard InChI is InChI=1S/C26H35N3O3/c1-19(2)12-15-32-24-9-5-8-23(17-24)28-25(30)18-27-22-7-4-6-21(16-22)26(31)29-13-10-20(3)11-14-29/h4-9,16-17,19-20,27H,10-15,18H2,1-3H3,(H,28,30). The van der Waals surface area contributed by atoms with E-state index in [4.69, 9.17) is 4.74 Å². The highest BCUT2D eigenvalue weighted by Gasteiger charge is 2.21. The monoisotopic (exact) mass is 437 g/mol. The number of nitrogens with zero attached hydrogens (tertiary/aromatic N) is 1. The fraction of sp³-hybridized carbons (Fsp3) is 0.462. The van der Waals surface area contributed by atoms with Crippen LogP contribution in [0.4, 0.5) is 11.4 Å². The van der Waals surface area contributed by atoms with Crippen molar-refractivity contribution in [1.29, 1.82) is 0 Å². The highest BCUT2D eigenvalue weighted by Crippen LogP contribution is 2.20. The van der Waals surface area contributed by atoms with Crippen LogP contribution < -0.4 is 15.4 Å². The van der Waals surface area contributed by atoms with Gasteiger partial charge in [-0.3, -0.25) is 9.59 Å². The van der Waals surface area contributed by atoms with Crippen LogP contribution in [0.5, 0.6) is 5.75 Å². The van der Waals surface area contributed by atoms with Gasteiger partial charge in [0.05, 0.1) is 13.2 Å². The molecule has 1 aliphatic rings. The molecule has 2 aromatic carbocycles. The number of hydrogen-bond donors (Lipinski definition) is 2. The van der Waals surface area contributed by atoms with Gasteiger partial charge in [-0.15, -0.1) is 0 Å². The second kappa shape index (κ2) is 11.6. The Hall–Kier alpha value is -3.02. The number of rotatable bonds is 9. The van der Waals surface area contributed by atoms with Crippen molar-refractivity contribution in [2.75, 3.05) is 36.9 Å². The Morgan fingerprint density at radius 3 is 2.53 bits per heavy atom. The number of anilines is 2. The van der Waals surface area contributed by atoms with Crippen molar-refractivity contribution < 1.29 is 14.3 Å². The second-order valence-electron chi connectivity index (χ2n) is 9.02. The minimum Gasteiger partial charge on any atom is -0.494 e. The number of likely N-dealkylation sites (tertiary alicyclic amines) is 1. The predicted molar refractivity (Wildman–Crippen MR) is 129 cm³/mol. The Kier molecular flexibility index (Phi) is 8.54. The van der Waals surface area contributed by atoms with Gasteiger partial charge in [-0.1, -0.05) is 32.9 Å². The number of nitrogens with one attached hydrogen (secondary N) is 2. The van der Waals surface area contributed by atoms with Crippen LogP contribution in [-0.2, 0) is 4.79 Å². The first-order valence-corrected chi connectivity index (χ1v) is 11.6. The van der Waals surface area contributed by atoms with Gasteiger partial charge in [0.1, 0.15) is 5.75 Å². The maximum Gasteiger partial charge on any atom is 0.253 e. The minimum atomic E-state index is -0.161. The van der Waals surface area contributed by atoms with E-state index in [0.717, 1.165) is 43.8 Å². The summed E-state index contributed by atoms with van der Waals surface area (Å²) in [6, 6.07) is 14.8. The molecule has 1 aliphatic heterocycles. The van der Waals surface area contributed by atoms with E-state index in [2.05, 4.69) is 31.4 Å². The van der Waals surface area contributed by atoms with Crippen LogP contribution >= 0.6 is 0 Å². The predicted octanol–water partition coefficient (Wildman–Crippen LogP) is 5.03. The van der Waals surface area contributed by atoms with E-state index < -0.39 is 0 Å². The van der Waals surface area contributed by atoms with Gasteiger partial charge in [0.25, 0.3) is 5.91 Å². The normalized spacial score (nSPS) is 14.3. The lowest BCUT2D eigenvalue weighted by Gasteiger charge is -2.30. The molecule has 2 amide bonds. The fourth-order valence-electron chi connectivity index (χ4n) is 3.62. The van der Waals surface area contributed by atoms with Crippen LogP contribution in [0, 0.1) is 11.8 Å². The van der Waals surface area contributed by atoms with Crippen LogP contribution in [0.15, 0.2) is 48.5 Å². The van der Waals surface area contributed by atoms with Crippen LogP contribution in [0.25, 0.3) is 0 Å². The molecule has 1 saturated heterocycles. The lowest BCUT2D eigenvalue weighted by molar-refractivity contribution is -0.114. The summed E-state index contributed by atoms with van der Waals surface area (Å²) in [5, 5.41) is 6.01. The van der Waals surface area contributed by atoms with Crippen molar-refractivity contribution >= 4 is 23.2 Å². The van der Waals surface area contributed by atoms with Gasteiger partial charge in [-0.25, -0.2) is 0 Å². The summed E-state index contributed by atoms with van der Waals surface area (Å²) in [5.41, 5.74) is 2.10. The molecule has 6 heteroatoms. The lowest BCUT2D eigenvalue weighted by Crippen LogP contribution is -2.37. The summed E-state index contributed by atoms with van der Waals surface area (Å²) < 4.78 is 5.76. The third-order valence-electron chi connectivity index (χ3n) is 5.72. The van der Waals surface area contributed by atoms with Crippen molar-refractivity contribution in [3.63, 3.8) is 0 Å². The molecule has 1 heterocycles. The topological polar surface area (TPSA) is 70.7 Å². The molecule has 0 aliphatic carbocycles. The van der Waals surface area contributed by atoms with Crippen molar-refractivity contribution in [3.8, 4) is 5.75 Å². The van der Waals surface area contributed by atoms with Crippen molar-refractivity contribution in [2.45, 2.75) is 40.0 Å². The zero-order valence-electron chi connectivity index (χ0n) is 19.4. The zero-order valence-corrected chi connectivity index (χ0v) is 19.4. The summed E-state index contributed by atoms with van der Waals surface area (Å²) in [7, 11) is 0. The van der Waals surface area contributed by atoms with Crippen LogP contribution in [0.2, 0.25) is 0 Å². The maximum atomic E-state index is 12.8. The summed E-state index contributed by atoms with van der Waals surface area (Å²) in [6.45, 7) is 8.92. The SMILES string of the molecule is CC(C)CCOc1cccc(NC(=O)CNc2cccc(C(=O)N3CCC(C)CC3)c2)c1. The second-order valence-corrected chi connectivity index (χ2v) is 9.02. The molecule has 6 nitrogen and oxygen atoms in total. The molecule has 0 radical (unpaired) electrons. The first-order valence-electron chi connectivity index (χ1n) is 11.6. The number of ether oxygens (including phenoxy) is 1. The molecule has 2 N–H and O–H groups in total. The van der Waals surface area contributed by atoms with Crippen LogP contribution in [0.3, 0.4) is 0 Å². The number of benzene rings is 2. The van der Waals surface area contributed by atoms with Gasteiger partial charge in [0.15, 0.2) is 0 Å². The van der Waals surface area contributed by atoms with Crippen LogP contribution in [-0.4, -0.2) is 43.0 Å². The maximum absolute atomic E-state index is 12.8. The third kappa shape index (κ3) is 7.29. The van der Waals surface area contributed by atoms with Gasteiger partial charge in [0.2, 0.25) is 5.91 Å². The minimum absolute atomic E-state index is 0.0549. The van der Waals surface area contributed by atoms with Gasteiger partial charge >= 0.3 is 0 Å². The average Bonchev–Trinajstić information content (AvgIpc) is 2.78. The van der Waals surface area contributed by atoms with E-state index in [-0.39, 0.29) is 18.4 Å². The fourth-order valence-corrected chi connectivity index (χ4v) is 3.62. The van der Waals surface area contributed by atoms with E-state index in [0.29, 0.717) is 29.7 Å². The van der Waals surface area contributed by atoms with Gasteiger partial charge in [-0.2, -0.15) is 0 Å². The first-order chi connectivity index (χ1) is 15.4. The summed E-state index contributed by atoms with van der Waals surface area (Å²) in [6.07, 6.45) is 3.08. The van der Waals surface area contributed by atoms with Crippen LogP contribution in [0.1, 0.15) is 50.4 Å². The zero-order chi connectivity index (χ0) is 22.9. The van der Waals surface area contributed by atoms with E-state index in [9.17, 15) is 9.59 Å². The summed E-state index contributed by atoms with van der Waals surface area (Å²) in [4.78, 5) is 27.1. The molecule has 172 valence electrons. The molecule has 0 aromatic heterocycles. The molecular formula is C26H35N3O3. The molecule has 0 unspecified atom stereocenters. The van der Waals surface area contributed by atoms with Crippen molar-refractivity contribution in [3.05, 3.63) is 54.1 Å². The van der Waals surface area contributed by atoms with Crippen molar-refractivity contribution in [1.82, 2.24) is 4.90 Å². The Labute approximate surface area is 191 Å². The van der Waals surface area contributed by atoms with E-state index in [1.165, 1.54) is 0 Å². The molecule has 0 atom stereocenters. The number of hydrogen-bond acceptors (Lipinski definition) is 4. The Balaban J connectivity index is 1.50. The average molecular weight is 438 g/mol. The molecule has 0 saturated carbocycles. The quantitative estimate of drug-likeness (QED) is 0.577. The molecule has 0 spiro atoms. The summed E-state index contributed by atoms with van der Waals surface area (Å²) in [5.74, 6) is 1.90. The highest BCUT2D eigenvalue weighted by atomic mass is 16.5. The smallest absolute Gasteiger partial charge is 0.253 e. The van der Waals surface area contributed by atoms with Gasteiger partial charge < -0.3 is 20.3 Å². The van der Waals surface area contributed by atoms with E-state index >= 15 is 0 Å². The number of carbonyl (C=O) groups excluding carboxylic acids is 2. The van der Waals surface area contributed by atoms with Gasteiger partial charge in [0, 0.05) is 36.1 Å². The Morgan fingerprint density at radius 2 is 1.78 bits per heavy atom. The Morgan fingerprint density at radius 1 is 1.06 bits per heavy atom. The van der Waals surface area contributed by atoms with E-state index in [1.807, 2.05) is 53.4 Å². The molecule has 0 bridgehead atoms. The molecule has 1 fully saturated rings. The molecule has 2 aromatic rings. The Bertz CT molecular complexity index is 905. The summed E-state index contributed by atoms with van der Waals surface area (Å²) >= 11 is 0. The largest absolute Gasteiger partial charge is 0.494 e. The number of amides is 2. The lowest BCUT2D eigenvalue weighted by atomic mass is 9.98. The molecule has 3 rings (SSSR count). The van der Waals surface area contributed by atoms with Crippen molar-refractivity contribution in [2.24, 2.45) is 11.8 Å². The third-order valence-corrected chi connectivity index (χ3v) is 5.72. The number of piperidine rings is 1. The van der Waals surface area contributed by atoms with Gasteiger partial charge in [-0.05, 0) is 61.4 Å².